The van der Waals surface area contributed by atoms with E-state index in [0.717, 1.165) is 31.2 Å². The minimum Gasteiger partial charge on any atom is -0.508 e. The molecule has 3 rings (SSSR count). The van der Waals surface area contributed by atoms with E-state index < -0.39 is 0 Å². The van der Waals surface area contributed by atoms with Crippen molar-refractivity contribution >= 4 is 10.9 Å². The minimum absolute atomic E-state index is 0.110. The Bertz CT molecular complexity index is 567. The van der Waals surface area contributed by atoms with Crippen LogP contribution in [0.25, 0.3) is 10.9 Å². The number of aromatic nitrogens is 1. The van der Waals surface area contributed by atoms with Gasteiger partial charge in [-0.2, -0.15) is 0 Å². The highest BCUT2D eigenvalue weighted by Gasteiger charge is 2.37. The molecule has 3 heteroatoms. The molecule has 17 heavy (non-hydrogen) atoms. The van der Waals surface area contributed by atoms with Gasteiger partial charge in [0.05, 0.1) is 5.52 Å². The summed E-state index contributed by atoms with van der Waals surface area (Å²) in [7, 11) is 2.05. The van der Waals surface area contributed by atoms with Crippen molar-refractivity contribution in [2.24, 2.45) is 12.8 Å². The SMILES string of the molecule is Cn1c(CCC2(N)CC2)cc2ccc(O)cc21. The molecule has 0 bridgehead atoms. The predicted molar refractivity (Wildman–Crippen MR) is 69.1 cm³/mol. The molecule has 0 amide bonds. The fourth-order valence-corrected chi connectivity index (χ4v) is 2.40. The average Bonchev–Trinajstić information content (AvgIpc) is 2.95. The molecule has 0 atom stereocenters. The zero-order chi connectivity index (χ0) is 12.0. The molecule has 1 aliphatic carbocycles. The second-order valence-electron chi connectivity index (χ2n) is 5.30. The smallest absolute Gasteiger partial charge is 0.117 e. The number of benzene rings is 1. The number of aromatic hydroxyl groups is 1. The predicted octanol–water partition coefficient (Wildman–Crippen LogP) is 2.31. The normalized spacial score (nSPS) is 17.5. The van der Waals surface area contributed by atoms with Crippen LogP contribution in [0.2, 0.25) is 0 Å². The summed E-state index contributed by atoms with van der Waals surface area (Å²) >= 11 is 0. The molecule has 0 aliphatic heterocycles. The number of aryl methyl sites for hydroxylation is 2. The summed E-state index contributed by atoms with van der Waals surface area (Å²) in [5.74, 6) is 0.322. The molecule has 1 aliphatic rings. The second-order valence-corrected chi connectivity index (χ2v) is 5.30. The van der Waals surface area contributed by atoms with Crippen LogP contribution in [0.5, 0.6) is 5.75 Å². The fraction of sp³-hybridized carbons (Fsp3) is 0.429. The number of phenols is 1. The Morgan fingerprint density at radius 1 is 1.35 bits per heavy atom. The third-order valence-corrected chi connectivity index (χ3v) is 3.90. The number of rotatable bonds is 3. The minimum atomic E-state index is 0.110. The highest BCUT2D eigenvalue weighted by atomic mass is 16.3. The van der Waals surface area contributed by atoms with Crippen LogP contribution in [-0.4, -0.2) is 15.2 Å². The molecule has 0 radical (unpaired) electrons. The Morgan fingerprint density at radius 3 is 2.82 bits per heavy atom. The van der Waals surface area contributed by atoms with Gasteiger partial charge in [0.1, 0.15) is 5.75 Å². The molecule has 1 fully saturated rings. The molecule has 90 valence electrons. The van der Waals surface area contributed by atoms with Crippen LogP contribution in [0.1, 0.15) is 25.0 Å². The highest BCUT2D eigenvalue weighted by Crippen LogP contribution is 2.37. The van der Waals surface area contributed by atoms with E-state index in [0.29, 0.717) is 5.75 Å². The van der Waals surface area contributed by atoms with Crippen molar-refractivity contribution in [3.05, 3.63) is 30.0 Å². The van der Waals surface area contributed by atoms with Crippen LogP contribution >= 0.6 is 0 Å². The molecule has 1 aromatic carbocycles. The number of hydrogen-bond donors (Lipinski definition) is 2. The molecule has 0 spiro atoms. The monoisotopic (exact) mass is 230 g/mol. The number of fused-ring (bicyclic) bond motifs is 1. The third kappa shape index (κ3) is 1.91. The summed E-state index contributed by atoms with van der Waals surface area (Å²) in [6.45, 7) is 0. The van der Waals surface area contributed by atoms with E-state index in [-0.39, 0.29) is 5.54 Å². The van der Waals surface area contributed by atoms with Crippen molar-refractivity contribution in [2.45, 2.75) is 31.2 Å². The first-order valence-corrected chi connectivity index (χ1v) is 6.14. The van der Waals surface area contributed by atoms with Gasteiger partial charge in [-0.15, -0.1) is 0 Å². The van der Waals surface area contributed by atoms with Gasteiger partial charge in [0, 0.05) is 29.7 Å². The van der Waals surface area contributed by atoms with E-state index >= 15 is 0 Å². The number of phenolic OH excluding ortho intramolecular Hbond substituents is 1. The quantitative estimate of drug-likeness (QED) is 0.850. The molecule has 0 unspecified atom stereocenters. The first kappa shape index (κ1) is 10.7. The van der Waals surface area contributed by atoms with Gasteiger partial charge >= 0.3 is 0 Å². The van der Waals surface area contributed by atoms with Crippen molar-refractivity contribution in [1.82, 2.24) is 4.57 Å². The zero-order valence-corrected chi connectivity index (χ0v) is 10.1. The highest BCUT2D eigenvalue weighted by molar-refractivity contribution is 5.82. The van der Waals surface area contributed by atoms with Crippen molar-refractivity contribution < 1.29 is 5.11 Å². The molecule has 1 heterocycles. The van der Waals surface area contributed by atoms with Crippen LogP contribution in [0.3, 0.4) is 0 Å². The van der Waals surface area contributed by atoms with Crippen molar-refractivity contribution in [3.63, 3.8) is 0 Å². The summed E-state index contributed by atoms with van der Waals surface area (Å²) in [6, 6.07) is 7.70. The summed E-state index contributed by atoms with van der Waals surface area (Å²) in [5.41, 5.74) is 8.60. The first-order valence-electron chi connectivity index (χ1n) is 6.14. The van der Waals surface area contributed by atoms with Crippen molar-refractivity contribution in [3.8, 4) is 5.75 Å². The Labute approximate surface area is 101 Å². The Balaban J connectivity index is 1.91. The van der Waals surface area contributed by atoms with Crippen molar-refractivity contribution in [1.29, 1.82) is 0 Å². The maximum Gasteiger partial charge on any atom is 0.117 e. The Hall–Kier alpha value is -1.48. The number of hydrogen-bond acceptors (Lipinski definition) is 2. The first-order chi connectivity index (χ1) is 8.07. The Kier molecular flexibility index (Phi) is 2.20. The van der Waals surface area contributed by atoms with Crippen LogP contribution in [-0.2, 0) is 13.5 Å². The van der Waals surface area contributed by atoms with Gasteiger partial charge in [-0.05, 0) is 43.9 Å². The second kappa shape index (κ2) is 3.50. The molecule has 2 aromatic rings. The summed E-state index contributed by atoms with van der Waals surface area (Å²) in [4.78, 5) is 0. The van der Waals surface area contributed by atoms with Crippen LogP contribution in [0.4, 0.5) is 0 Å². The van der Waals surface area contributed by atoms with Gasteiger partial charge < -0.3 is 15.4 Å². The van der Waals surface area contributed by atoms with Gasteiger partial charge in [-0.3, -0.25) is 0 Å². The lowest BCUT2D eigenvalue weighted by Crippen LogP contribution is -2.22. The molecule has 3 nitrogen and oxygen atoms in total. The molecular weight excluding hydrogens is 212 g/mol. The standard InChI is InChI=1S/C14H18N2O/c1-16-11(4-5-14(15)6-7-14)8-10-2-3-12(17)9-13(10)16/h2-3,8-9,17H,4-7,15H2,1H3. The maximum atomic E-state index is 9.50. The molecule has 1 saturated carbocycles. The van der Waals surface area contributed by atoms with Crippen molar-refractivity contribution in [2.75, 3.05) is 0 Å². The lowest BCUT2D eigenvalue weighted by Gasteiger charge is -2.09. The number of nitrogens with zero attached hydrogens (tertiary/aromatic N) is 1. The molecule has 3 N–H and O–H groups in total. The summed E-state index contributed by atoms with van der Waals surface area (Å²) in [5, 5.41) is 10.7. The van der Waals surface area contributed by atoms with E-state index in [1.54, 1.807) is 6.07 Å². The van der Waals surface area contributed by atoms with Gasteiger partial charge in [0.25, 0.3) is 0 Å². The van der Waals surface area contributed by atoms with Crippen LogP contribution < -0.4 is 5.73 Å². The third-order valence-electron chi connectivity index (χ3n) is 3.90. The van der Waals surface area contributed by atoms with Crippen LogP contribution in [0, 0.1) is 0 Å². The van der Waals surface area contributed by atoms with E-state index in [1.807, 2.05) is 19.2 Å². The average molecular weight is 230 g/mol. The summed E-state index contributed by atoms with van der Waals surface area (Å²) < 4.78 is 2.15. The fourth-order valence-electron chi connectivity index (χ4n) is 2.40. The number of nitrogens with two attached hydrogens (primary N) is 1. The van der Waals surface area contributed by atoms with E-state index in [2.05, 4.69) is 10.6 Å². The van der Waals surface area contributed by atoms with E-state index in [9.17, 15) is 5.11 Å². The largest absolute Gasteiger partial charge is 0.508 e. The molecule has 1 aromatic heterocycles. The van der Waals surface area contributed by atoms with Gasteiger partial charge in [0.2, 0.25) is 0 Å². The van der Waals surface area contributed by atoms with Crippen LogP contribution in [0.15, 0.2) is 24.3 Å². The Morgan fingerprint density at radius 2 is 2.12 bits per heavy atom. The van der Waals surface area contributed by atoms with Gasteiger partial charge in [-0.25, -0.2) is 0 Å². The zero-order valence-electron chi connectivity index (χ0n) is 10.1. The topological polar surface area (TPSA) is 51.2 Å². The lowest BCUT2D eigenvalue weighted by molar-refractivity contribution is 0.476. The van der Waals surface area contributed by atoms with E-state index in [1.165, 1.54) is 11.1 Å². The molecular formula is C14H18N2O. The van der Waals surface area contributed by atoms with E-state index in [4.69, 9.17) is 5.73 Å². The van der Waals surface area contributed by atoms with Gasteiger partial charge in [0.15, 0.2) is 0 Å². The summed E-state index contributed by atoms with van der Waals surface area (Å²) in [6.07, 6.45) is 4.40. The van der Waals surface area contributed by atoms with Gasteiger partial charge in [-0.1, -0.05) is 0 Å². The maximum absolute atomic E-state index is 9.50. The molecule has 0 saturated heterocycles. The lowest BCUT2D eigenvalue weighted by atomic mass is 10.1.